The number of esters is 1. The van der Waals surface area contributed by atoms with E-state index in [0.717, 1.165) is 17.7 Å². The summed E-state index contributed by atoms with van der Waals surface area (Å²) >= 11 is 0. The molecule has 1 saturated carbocycles. The molecule has 3 rings (SSSR count). The quantitative estimate of drug-likeness (QED) is 0.466. The molecular weight excluding hydrogens is 414 g/mol. The molecule has 9 heteroatoms. The van der Waals surface area contributed by atoms with Gasteiger partial charge < -0.3 is 15.4 Å². The van der Waals surface area contributed by atoms with E-state index in [9.17, 15) is 24.0 Å². The minimum Gasteiger partial charge on any atom is -0.454 e. The summed E-state index contributed by atoms with van der Waals surface area (Å²) in [6.07, 6.45) is 3.12. The molecule has 2 atom stereocenters. The summed E-state index contributed by atoms with van der Waals surface area (Å²) in [5, 5.41) is 5.35. The monoisotopic (exact) mass is 443 g/mol. The number of likely N-dealkylation sites (tertiary alicyclic amines) is 1. The van der Waals surface area contributed by atoms with E-state index < -0.39 is 25.0 Å². The molecular formula is C23H29N3O6. The first kappa shape index (κ1) is 23.4. The summed E-state index contributed by atoms with van der Waals surface area (Å²) < 4.78 is 4.97. The second-order valence-electron chi connectivity index (χ2n) is 8.62. The van der Waals surface area contributed by atoms with E-state index in [-0.39, 0.29) is 35.5 Å². The van der Waals surface area contributed by atoms with E-state index in [1.807, 2.05) is 13.8 Å². The van der Waals surface area contributed by atoms with Crippen molar-refractivity contribution in [2.75, 3.05) is 25.0 Å². The standard InChI is InChI=1S/C23H29N3O6/c1-14(2)11-24-21(29)17-9-5-6-10-18(17)25-19(27)13-32-20(28)12-26-22(30)15-7-3-4-8-16(15)23(26)31/h5-6,9-10,14-16H,3-4,7-8,11-13H2,1-2H3,(H,24,29)(H,25,27). The van der Waals surface area contributed by atoms with Crippen molar-refractivity contribution >= 4 is 35.3 Å². The van der Waals surface area contributed by atoms with Gasteiger partial charge >= 0.3 is 5.97 Å². The van der Waals surface area contributed by atoms with Gasteiger partial charge in [-0.05, 0) is 30.9 Å². The Balaban J connectivity index is 1.51. The lowest BCUT2D eigenvalue weighted by molar-refractivity contribution is -0.154. The van der Waals surface area contributed by atoms with Crippen LogP contribution in [0, 0.1) is 17.8 Å². The molecule has 1 aliphatic heterocycles. The molecule has 1 aromatic rings. The molecule has 32 heavy (non-hydrogen) atoms. The lowest BCUT2D eigenvalue weighted by Crippen LogP contribution is -2.37. The number of amides is 4. The third-order valence-corrected chi connectivity index (χ3v) is 5.70. The van der Waals surface area contributed by atoms with Gasteiger partial charge in [-0.3, -0.25) is 28.9 Å². The average Bonchev–Trinajstić information content (AvgIpc) is 3.01. The van der Waals surface area contributed by atoms with Crippen LogP contribution in [0.2, 0.25) is 0 Å². The first-order valence-corrected chi connectivity index (χ1v) is 11.0. The van der Waals surface area contributed by atoms with Gasteiger partial charge in [0.1, 0.15) is 6.54 Å². The zero-order chi connectivity index (χ0) is 23.3. The number of para-hydroxylation sites is 1. The van der Waals surface area contributed by atoms with E-state index in [1.165, 1.54) is 0 Å². The molecule has 2 aliphatic rings. The number of ether oxygens (including phenoxy) is 1. The molecule has 172 valence electrons. The lowest BCUT2D eigenvalue weighted by Gasteiger charge is -2.19. The Morgan fingerprint density at radius 1 is 1.06 bits per heavy atom. The molecule has 4 amide bonds. The molecule has 1 saturated heterocycles. The van der Waals surface area contributed by atoms with E-state index >= 15 is 0 Å². The Kier molecular flexibility index (Phi) is 7.61. The number of benzene rings is 1. The number of rotatable bonds is 8. The number of nitrogens with one attached hydrogen (secondary N) is 2. The third-order valence-electron chi connectivity index (χ3n) is 5.70. The van der Waals surface area contributed by atoms with Gasteiger partial charge in [0.15, 0.2) is 6.61 Å². The van der Waals surface area contributed by atoms with Gasteiger partial charge in [-0.15, -0.1) is 0 Å². The highest BCUT2D eigenvalue weighted by Crippen LogP contribution is 2.37. The van der Waals surface area contributed by atoms with Crippen LogP contribution in [0.4, 0.5) is 5.69 Å². The maximum Gasteiger partial charge on any atom is 0.326 e. The van der Waals surface area contributed by atoms with Crippen LogP contribution in [-0.2, 0) is 23.9 Å². The largest absolute Gasteiger partial charge is 0.454 e. The van der Waals surface area contributed by atoms with Crippen LogP contribution >= 0.6 is 0 Å². The zero-order valence-corrected chi connectivity index (χ0v) is 18.4. The van der Waals surface area contributed by atoms with Gasteiger partial charge in [-0.1, -0.05) is 38.8 Å². The van der Waals surface area contributed by atoms with Gasteiger partial charge in [-0.2, -0.15) is 0 Å². The fourth-order valence-electron chi connectivity index (χ4n) is 4.08. The van der Waals surface area contributed by atoms with Crippen molar-refractivity contribution in [2.45, 2.75) is 39.5 Å². The average molecular weight is 444 g/mol. The summed E-state index contributed by atoms with van der Waals surface area (Å²) in [5.74, 6) is -2.85. The Morgan fingerprint density at radius 2 is 1.69 bits per heavy atom. The fourth-order valence-corrected chi connectivity index (χ4v) is 4.08. The number of imide groups is 1. The summed E-state index contributed by atoms with van der Waals surface area (Å²) in [6, 6.07) is 6.52. The first-order chi connectivity index (χ1) is 15.3. The van der Waals surface area contributed by atoms with Gasteiger partial charge in [0.05, 0.1) is 23.1 Å². The van der Waals surface area contributed by atoms with Crippen LogP contribution in [0.15, 0.2) is 24.3 Å². The van der Waals surface area contributed by atoms with Crippen LogP contribution in [0.1, 0.15) is 49.9 Å². The van der Waals surface area contributed by atoms with Crippen molar-refractivity contribution < 1.29 is 28.7 Å². The highest BCUT2D eigenvalue weighted by Gasteiger charge is 2.48. The number of fused-ring (bicyclic) bond motifs is 1. The maximum atomic E-state index is 12.4. The predicted molar refractivity (Wildman–Crippen MR) is 115 cm³/mol. The van der Waals surface area contributed by atoms with Crippen LogP contribution in [0.25, 0.3) is 0 Å². The van der Waals surface area contributed by atoms with Crippen molar-refractivity contribution in [3.63, 3.8) is 0 Å². The second kappa shape index (κ2) is 10.4. The maximum absolute atomic E-state index is 12.4. The Morgan fingerprint density at radius 3 is 2.31 bits per heavy atom. The Bertz CT molecular complexity index is 889. The summed E-state index contributed by atoms with van der Waals surface area (Å²) in [7, 11) is 0. The van der Waals surface area contributed by atoms with Crippen molar-refractivity contribution in [2.24, 2.45) is 17.8 Å². The van der Waals surface area contributed by atoms with E-state index in [4.69, 9.17) is 4.74 Å². The molecule has 0 spiro atoms. The lowest BCUT2D eigenvalue weighted by atomic mass is 9.81. The first-order valence-electron chi connectivity index (χ1n) is 11.0. The van der Waals surface area contributed by atoms with Gasteiger partial charge in [0.25, 0.3) is 11.8 Å². The van der Waals surface area contributed by atoms with Crippen molar-refractivity contribution in [1.29, 1.82) is 0 Å². The van der Waals surface area contributed by atoms with Gasteiger partial charge in [0.2, 0.25) is 11.8 Å². The number of hydrogen-bond donors (Lipinski definition) is 2. The number of carbonyl (C=O) groups excluding carboxylic acids is 5. The highest BCUT2D eigenvalue weighted by molar-refractivity contribution is 6.07. The van der Waals surface area contributed by atoms with E-state index in [1.54, 1.807) is 24.3 Å². The summed E-state index contributed by atoms with van der Waals surface area (Å²) in [5.41, 5.74) is 0.590. The predicted octanol–water partition coefficient (Wildman–Crippen LogP) is 1.73. The molecule has 0 radical (unpaired) electrons. The fraction of sp³-hybridized carbons (Fsp3) is 0.522. The number of nitrogens with zero attached hydrogens (tertiary/aromatic N) is 1. The topological polar surface area (TPSA) is 122 Å². The van der Waals surface area contributed by atoms with Crippen LogP contribution < -0.4 is 10.6 Å². The number of carbonyl (C=O) groups is 5. The van der Waals surface area contributed by atoms with E-state index in [2.05, 4.69) is 10.6 Å². The van der Waals surface area contributed by atoms with Crippen LogP contribution in [0.5, 0.6) is 0 Å². The minimum absolute atomic E-state index is 0.276. The third kappa shape index (κ3) is 5.52. The number of hydrogen-bond acceptors (Lipinski definition) is 6. The normalized spacial score (nSPS) is 20.2. The van der Waals surface area contributed by atoms with Gasteiger partial charge in [-0.25, -0.2) is 0 Å². The van der Waals surface area contributed by atoms with Crippen molar-refractivity contribution in [1.82, 2.24) is 10.2 Å². The molecule has 2 N–H and O–H groups in total. The highest BCUT2D eigenvalue weighted by atomic mass is 16.5. The van der Waals surface area contributed by atoms with E-state index in [0.29, 0.717) is 30.6 Å². The smallest absolute Gasteiger partial charge is 0.326 e. The Hall–Kier alpha value is -3.23. The summed E-state index contributed by atoms with van der Waals surface area (Å²) in [6.45, 7) is 3.35. The molecule has 1 aliphatic carbocycles. The molecule has 9 nitrogen and oxygen atoms in total. The molecule has 1 aromatic carbocycles. The second-order valence-corrected chi connectivity index (χ2v) is 8.62. The summed E-state index contributed by atoms with van der Waals surface area (Å²) in [4.78, 5) is 62.6. The van der Waals surface area contributed by atoms with Crippen LogP contribution in [-0.4, -0.2) is 54.2 Å². The molecule has 0 aromatic heterocycles. The molecule has 2 unspecified atom stereocenters. The van der Waals surface area contributed by atoms with Gasteiger partial charge in [0, 0.05) is 6.54 Å². The minimum atomic E-state index is -0.830. The zero-order valence-electron chi connectivity index (χ0n) is 18.4. The molecule has 2 fully saturated rings. The van der Waals surface area contributed by atoms with Crippen molar-refractivity contribution in [3.8, 4) is 0 Å². The SMILES string of the molecule is CC(C)CNC(=O)c1ccccc1NC(=O)COC(=O)CN1C(=O)C2CCCCC2C1=O. The molecule has 0 bridgehead atoms. The number of anilines is 1. The Labute approximate surface area is 186 Å². The van der Waals surface area contributed by atoms with Crippen molar-refractivity contribution in [3.05, 3.63) is 29.8 Å². The molecule has 1 heterocycles. The van der Waals surface area contributed by atoms with Crippen LogP contribution in [0.3, 0.4) is 0 Å².